The number of hydrogen-bond acceptors (Lipinski definition) is 1. The molecule has 3 aromatic rings. The van der Waals surface area contributed by atoms with E-state index in [0.717, 1.165) is 11.0 Å². The smallest absolute Gasteiger partial charge is 0.104 e. The number of quaternary nitrogens is 1. The van der Waals surface area contributed by atoms with E-state index in [0.29, 0.717) is 0 Å². The molecule has 0 heterocycles. The van der Waals surface area contributed by atoms with Gasteiger partial charge < -0.3 is 9.38 Å². The van der Waals surface area contributed by atoms with Crippen LogP contribution in [0.5, 0.6) is 0 Å². The molecule has 0 aromatic heterocycles. The van der Waals surface area contributed by atoms with E-state index in [9.17, 15) is 0 Å². The van der Waals surface area contributed by atoms with Gasteiger partial charge in [0.1, 0.15) is 6.54 Å². The molecule has 0 spiro atoms. The third-order valence-electron chi connectivity index (χ3n) is 6.89. The molecule has 2 nitrogen and oxygen atoms in total. The Morgan fingerprint density at radius 3 is 1.35 bits per heavy atom. The van der Waals surface area contributed by atoms with Crippen molar-refractivity contribution in [1.82, 2.24) is 0 Å². The van der Waals surface area contributed by atoms with Crippen LogP contribution in [-0.4, -0.2) is 24.1 Å². The van der Waals surface area contributed by atoms with Gasteiger partial charge in [-0.1, -0.05) is 35.4 Å². The minimum atomic E-state index is 1.10. The Hall–Kier alpha value is -2.58. The first kappa shape index (κ1) is 23.1. The highest BCUT2D eigenvalue weighted by Crippen LogP contribution is 2.39. The quantitative estimate of drug-likeness (QED) is 0.340. The minimum absolute atomic E-state index is 1.10. The summed E-state index contributed by atoms with van der Waals surface area (Å²) in [6, 6.07) is 22.5. The highest BCUT2D eigenvalue weighted by Gasteiger charge is 2.23. The maximum Gasteiger partial charge on any atom is 0.104 e. The molecule has 164 valence electrons. The van der Waals surface area contributed by atoms with E-state index in [4.69, 9.17) is 0 Å². The third-order valence-corrected chi connectivity index (χ3v) is 6.89. The zero-order chi connectivity index (χ0) is 22.6. The van der Waals surface area contributed by atoms with Crippen molar-refractivity contribution in [1.29, 1.82) is 0 Å². The molecule has 3 aromatic carbocycles. The summed E-state index contributed by atoms with van der Waals surface area (Å²) in [4.78, 5) is 2.41. The second-order valence-corrected chi connectivity index (χ2v) is 9.03. The largest absolute Gasteiger partial charge is 0.321 e. The van der Waals surface area contributed by atoms with E-state index in [2.05, 4.69) is 114 Å². The molecule has 0 aliphatic rings. The number of nitrogens with zero attached hydrogens (tertiary/aromatic N) is 2. The molecule has 0 aliphatic heterocycles. The van der Waals surface area contributed by atoms with Gasteiger partial charge >= 0.3 is 0 Å². The predicted molar refractivity (Wildman–Crippen MR) is 136 cm³/mol. The number of anilines is 3. The lowest BCUT2D eigenvalue weighted by Crippen LogP contribution is -2.46. The van der Waals surface area contributed by atoms with Crippen LogP contribution in [0.15, 0.2) is 60.7 Å². The fraction of sp³-hybridized carbons (Fsp3) is 0.379. The van der Waals surface area contributed by atoms with Crippen molar-refractivity contribution in [2.75, 3.05) is 24.5 Å². The summed E-state index contributed by atoms with van der Waals surface area (Å²) in [5, 5.41) is 0. The Balaban J connectivity index is 2.11. The van der Waals surface area contributed by atoms with Gasteiger partial charge in [0.05, 0.1) is 25.3 Å². The summed E-state index contributed by atoms with van der Waals surface area (Å²) in [6.07, 6.45) is 0. The second-order valence-electron chi connectivity index (χ2n) is 9.03. The molecule has 0 amide bonds. The van der Waals surface area contributed by atoms with Gasteiger partial charge in [0.15, 0.2) is 0 Å². The van der Waals surface area contributed by atoms with Gasteiger partial charge in [-0.15, -0.1) is 0 Å². The van der Waals surface area contributed by atoms with Crippen LogP contribution < -0.4 is 4.90 Å². The molecule has 0 radical (unpaired) electrons. The maximum atomic E-state index is 2.41. The zero-order valence-corrected chi connectivity index (χ0v) is 20.5. The van der Waals surface area contributed by atoms with Crippen LogP contribution in [0.2, 0.25) is 0 Å². The summed E-state index contributed by atoms with van der Waals surface area (Å²) in [5.41, 5.74) is 10.4. The normalized spacial score (nSPS) is 11.6. The van der Waals surface area contributed by atoms with Gasteiger partial charge in [0.25, 0.3) is 0 Å². The van der Waals surface area contributed by atoms with Crippen LogP contribution in [0.1, 0.15) is 48.6 Å². The number of aryl methyl sites for hydroxylation is 4. The average Bonchev–Trinajstić information content (AvgIpc) is 2.76. The minimum Gasteiger partial charge on any atom is -0.321 e. The molecular weight excluding hydrogens is 376 g/mol. The monoisotopic (exact) mass is 415 g/mol. The van der Waals surface area contributed by atoms with E-state index in [1.165, 1.54) is 64.5 Å². The SMILES string of the molecule is CC[N+](CC)(CC)Cc1cc(C)c(N(c2ccc(C)cc2)c2ccc(C)cc2)c(C)c1. The maximum absolute atomic E-state index is 2.41. The van der Waals surface area contributed by atoms with Crippen LogP contribution in [0.3, 0.4) is 0 Å². The Bertz CT molecular complexity index is 919. The lowest BCUT2D eigenvalue weighted by atomic mass is 10.0. The molecule has 31 heavy (non-hydrogen) atoms. The van der Waals surface area contributed by atoms with Gasteiger partial charge in [-0.3, -0.25) is 0 Å². The van der Waals surface area contributed by atoms with Gasteiger partial charge in [0.2, 0.25) is 0 Å². The summed E-state index contributed by atoms with van der Waals surface area (Å²) in [6.45, 7) is 20.4. The van der Waals surface area contributed by atoms with Crippen molar-refractivity contribution in [3.05, 3.63) is 88.5 Å². The molecule has 0 unspecified atom stereocenters. The van der Waals surface area contributed by atoms with Crippen molar-refractivity contribution >= 4 is 17.1 Å². The highest BCUT2D eigenvalue weighted by atomic mass is 15.3. The van der Waals surface area contributed by atoms with Gasteiger partial charge in [-0.25, -0.2) is 0 Å². The predicted octanol–water partition coefficient (Wildman–Crippen LogP) is 7.77. The van der Waals surface area contributed by atoms with Crippen LogP contribution in [-0.2, 0) is 6.54 Å². The van der Waals surface area contributed by atoms with Crippen molar-refractivity contribution in [3.63, 3.8) is 0 Å². The molecule has 2 heteroatoms. The van der Waals surface area contributed by atoms with E-state index < -0.39 is 0 Å². The van der Waals surface area contributed by atoms with Crippen LogP contribution >= 0.6 is 0 Å². The first-order valence-corrected chi connectivity index (χ1v) is 11.7. The standard InChI is InChI=1S/C29H39N2/c1-8-31(9-2,10-3)21-26-19-24(6)29(25(7)20-26)30(27-15-11-22(4)12-16-27)28-17-13-23(5)14-18-28/h11-20H,8-10,21H2,1-7H3/q+1. The zero-order valence-electron chi connectivity index (χ0n) is 20.5. The topological polar surface area (TPSA) is 3.24 Å². The van der Waals surface area contributed by atoms with Gasteiger partial charge in [-0.05, 0) is 96.0 Å². The van der Waals surface area contributed by atoms with Crippen LogP contribution in [0.4, 0.5) is 17.1 Å². The number of benzene rings is 3. The first-order valence-electron chi connectivity index (χ1n) is 11.7. The number of rotatable bonds is 8. The van der Waals surface area contributed by atoms with Crippen molar-refractivity contribution in [2.45, 2.75) is 55.0 Å². The molecule has 0 fully saturated rings. The van der Waals surface area contributed by atoms with Crippen LogP contribution in [0.25, 0.3) is 0 Å². The molecule has 0 saturated carbocycles. The summed E-state index contributed by atoms with van der Waals surface area (Å²) < 4.78 is 1.14. The molecular formula is C29H39N2+. The lowest BCUT2D eigenvalue weighted by Gasteiger charge is -2.36. The molecule has 0 N–H and O–H groups in total. The van der Waals surface area contributed by atoms with Gasteiger partial charge in [-0.2, -0.15) is 0 Å². The van der Waals surface area contributed by atoms with Crippen molar-refractivity contribution in [3.8, 4) is 0 Å². The van der Waals surface area contributed by atoms with Crippen molar-refractivity contribution < 1.29 is 4.48 Å². The lowest BCUT2D eigenvalue weighted by molar-refractivity contribution is -0.936. The molecule has 0 saturated heterocycles. The molecule has 3 rings (SSSR count). The highest BCUT2D eigenvalue weighted by molar-refractivity contribution is 5.80. The van der Waals surface area contributed by atoms with E-state index in [-0.39, 0.29) is 0 Å². The fourth-order valence-electron chi connectivity index (χ4n) is 4.68. The molecule has 0 aliphatic carbocycles. The van der Waals surface area contributed by atoms with Crippen LogP contribution in [0, 0.1) is 27.7 Å². The summed E-state index contributed by atoms with van der Waals surface area (Å²) in [7, 11) is 0. The third kappa shape index (κ3) is 5.02. The Labute approximate surface area is 189 Å². The summed E-state index contributed by atoms with van der Waals surface area (Å²) in [5.74, 6) is 0. The second kappa shape index (κ2) is 9.70. The van der Waals surface area contributed by atoms with E-state index in [1.54, 1.807) is 0 Å². The first-order chi connectivity index (χ1) is 14.8. The van der Waals surface area contributed by atoms with Gasteiger partial charge in [0, 0.05) is 16.9 Å². The Morgan fingerprint density at radius 2 is 1.00 bits per heavy atom. The summed E-state index contributed by atoms with van der Waals surface area (Å²) >= 11 is 0. The average molecular weight is 416 g/mol. The molecule has 0 atom stereocenters. The van der Waals surface area contributed by atoms with Crippen molar-refractivity contribution in [2.24, 2.45) is 0 Å². The van der Waals surface area contributed by atoms with E-state index in [1.807, 2.05) is 0 Å². The molecule has 0 bridgehead atoms. The Morgan fingerprint density at radius 1 is 0.613 bits per heavy atom. The Kier molecular flexibility index (Phi) is 7.23. The van der Waals surface area contributed by atoms with E-state index >= 15 is 0 Å². The number of hydrogen-bond donors (Lipinski definition) is 0. The fourth-order valence-corrected chi connectivity index (χ4v) is 4.68.